The topological polar surface area (TPSA) is 41.1 Å². The maximum absolute atomic E-state index is 12.3. The smallest absolute Gasteiger partial charge is 0.243 e. The summed E-state index contributed by atoms with van der Waals surface area (Å²) < 4.78 is 0. The van der Waals surface area contributed by atoms with Gasteiger partial charge in [-0.1, -0.05) is 31.0 Å². The van der Waals surface area contributed by atoms with Gasteiger partial charge in [-0.3, -0.25) is 4.79 Å². The normalized spacial score (nSPS) is 23.7. The highest BCUT2D eigenvalue weighted by atomic mass is 16.2. The van der Waals surface area contributed by atoms with Crippen molar-refractivity contribution in [2.45, 2.75) is 51.1 Å². The molecule has 0 radical (unpaired) electrons. The third kappa shape index (κ3) is 2.60. The van der Waals surface area contributed by atoms with Crippen molar-refractivity contribution in [2.24, 2.45) is 5.92 Å². The third-order valence-corrected chi connectivity index (χ3v) is 4.56. The molecule has 1 amide bonds. The van der Waals surface area contributed by atoms with Gasteiger partial charge in [-0.15, -0.1) is 0 Å². The van der Waals surface area contributed by atoms with E-state index < -0.39 is 0 Å². The Morgan fingerprint density at radius 3 is 2.79 bits per heavy atom. The maximum Gasteiger partial charge on any atom is 0.243 e. The van der Waals surface area contributed by atoms with Gasteiger partial charge in [-0.05, 0) is 37.3 Å². The van der Waals surface area contributed by atoms with Crippen molar-refractivity contribution in [1.82, 2.24) is 5.32 Å². The second-order valence-electron chi connectivity index (χ2n) is 5.90. The van der Waals surface area contributed by atoms with E-state index in [1.807, 2.05) is 18.2 Å². The minimum atomic E-state index is -0.0961. The van der Waals surface area contributed by atoms with Crippen molar-refractivity contribution >= 4 is 11.6 Å². The van der Waals surface area contributed by atoms with Crippen molar-refractivity contribution in [3.63, 3.8) is 0 Å². The molecule has 3 nitrogen and oxygen atoms in total. The van der Waals surface area contributed by atoms with Crippen LogP contribution < -0.4 is 10.6 Å². The van der Waals surface area contributed by atoms with Crippen LogP contribution in [0.1, 0.15) is 38.2 Å². The van der Waals surface area contributed by atoms with Crippen molar-refractivity contribution in [1.29, 1.82) is 0 Å². The molecule has 1 saturated carbocycles. The minimum Gasteiger partial charge on any atom is -0.373 e. The van der Waals surface area contributed by atoms with Gasteiger partial charge in [0.05, 0.1) is 0 Å². The molecule has 2 N–H and O–H groups in total. The second-order valence-corrected chi connectivity index (χ2v) is 5.90. The van der Waals surface area contributed by atoms with Gasteiger partial charge in [0, 0.05) is 18.2 Å². The predicted octanol–water partition coefficient (Wildman–Crippen LogP) is 2.72. The maximum atomic E-state index is 12.3. The van der Waals surface area contributed by atoms with Crippen LogP contribution in [0.25, 0.3) is 0 Å². The molecule has 0 unspecified atom stereocenters. The molecule has 0 spiro atoms. The number of para-hydroxylation sites is 1. The van der Waals surface area contributed by atoms with E-state index >= 15 is 0 Å². The molecule has 0 bridgehead atoms. The SMILES string of the molecule is C[C@@H](NC(=O)[C@@H]1Cc2ccccc2N1)C1CCCC1. The molecule has 19 heavy (non-hydrogen) atoms. The summed E-state index contributed by atoms with van der Waals surface area (Å²) in [4.78, 5) is 12.3. The van der Waals surface area contributed by atoms with E-state index in [2.05, 4.69) is 23.6 Å². The molecule has 0 aromatic heterocycles. The molecule has 1 aromatic rings. The fraction of sp³-hybridized carbons (Fsp3) is 0.562. The van der Waals surface area contributed by atoms with Crippen LogP contribution in [-0.2, 0) is 11.2 Å². The first kappa shape index (κ1) is 12.5. The summed E-state index contributed by atoms with van der Waals surface area (Å²) in [6, 6.07) is 8.38. The first-order valence-corrected chi connectivity index (χ1v) is 7.39. The number of carbonyl (C=O) groups excluding carboxylic acids is 1. The average molecular weight is 258 g/mol. The summed E-state index contributed by atoms with van der Waals surface area (Å²) in [6.45, 7) is 2.15. The molecule has 102 valence electrons. The minimum absolute atomic E-state index is 0.0961. The number of carbonyl (C=O) groups is 1. The fourth-order valence-electron chi connectivity index (χ4n) is 3.36. The lowest BCUT2D eigenvalue weighted by molar-refractivity contribution is -0.122. The quantitative estimate of drug-likeness (QED) is 0.875. The van der Waals surface area contributed by atoms with Crippen LogP contribution in [0.2, 0.25) is 0 Å². The highest BCUT2D eigenvalue weighted by Crippen LogP contribution is 2.28. The van der Waals surface area contributed by atoms with Gasteiger partial charge in [0.25, 0.3) is 0 Å². The Bertz CT molecular complexity index is 441. The van der Waals surface area contributed by atoms with Gasteiger partial charge in [-0.25, -0.2) is 0 Å². The van der Waals surface area contributed by atoms with Gasteiger partial charge in [0.15, 0.2) is 0 Å². The summed E-state index contributed by atoms with van der Waals surface area (Å²) in [5, 5.41) is 6.52. The van der Waals surface area contributed by atoms with Crippen molar-refractivity contribution in [3.05, 3.63) is 29.8 Å². The van der Waals surface area contributed by atoms with Gasteiger partial charge in [-0.2, -0.15) is 0 Å². The summed E-state index contributed by atoms with van der Waals surface area (Å²) in [5.74, 6) is 0.823. The number of benzene rings is 1. The molecule has 3 rings (SSSR count). The molecule has 2 aliphatic rings. The lowest BCUT2D eigenvalue weighted by Crippen LogP contribution is -2.45. The zero-order valence-corrected chi connectivity index (χ0v) is 11.5. The van der Waals surface area contributed by atoms with Gasteiger partial charge < -0.3 is 10.6 Å². The molecule has 2 atom stereocenters. The lowest BCUT2D eigenvalue weighted by atomic mass is 9.99. The Morgan fingerprint density at radius 2 is 2.05 bits per heavy atom. The van der Waals surface area contributed by atoms with E-state index in [0.717, 1.165) is 12.1 Å². The van der Waals surface area contributed by atoms with E-state index in [1.165, 1.54) is 31.2 Å². The Kier molecular flexibility index (Phi) is 3.45. The first-order chi connectivity index (χ1) is 9.24. The van der Waals surface area contributed by atoms with Crippen molar-refractivity contribution in [2.75, 3.05) is 5.32 Å². The van der Waals surface area contributed by atoms with Crippen LogP contribution in [0.3, 0.4) is 0 Å². The molecule has 1 fully saturated rings. The molecule has 1 aliphatic carbocycles. The number of hydrogen-bond acceptors (Lipinski definition) is 2. The van der Waals surface area contributed by atoms with Crippen LogP contribution in [-0.4, -0.2) is 18.0 Å². The monoisotopic (exact) mass is 258 g/mol. The zero-order valence-electron chi connectivity index (χ0n) is 11.5. The van der Waals surface area contributed by atoms with E-state index in [4.69, 9.17) is 0 Å². The average Bonchev–Trinajstić information content (AvgIpc) is 3.07. The standard InChI is InChI=1S/C16H22N2O/c1-11(12-6-2-3-7-12)17-16(19)15-10-13-8-4-5-9-14(13)18-15/h4-5,8-9,11-12,15,18H,2-3,6-7,10H2,1H3,(H,17,19)/t11-,15+/m1/s1. The van der Waals surface area contributed by atoms with Crippen molar-refractivity contribution < 1.29 is 4.79 Å². The number of rotatable bonds is 3. The third-order valence-electron chi connectivity index (χ3n) is 4.56. The number of anilines is 1. The number of nitrogens with one attached hydrogen (secondary N) is 2. The van der Waals surface area contributed by atoms with Crippen LogP contribution in [0.15, 0.2) is 24.3 Å². The van der Waals surface area contributed by atoms with Gasteiger partial charge >= 0.3 is 0 Å². The highest BCUT2D eigenvalue weighted by Gasteiger charge is 2.29. The van der Waals surface area contributed by atoms with E-state index in [1.54, 1.807) is 0 Å². The van der Waals surface area contributed by atoms with E-state index in [9.17, 15) is 4.79 Å². The lowest BCUT2D eigenvalue weighted by Gasteiger charge is -2.22. The van der Waals surface area contributed by atoms with Crippen molar-refractivity contribution in [3.8, 4) is 0 Å². The number of amides is 1. The molecule has 1 aromatic carbocycles. The first-order valence-electron chi connectivity index (χ1n) is 7.39. The molecular weight excluding hydrogens is 236 g/mol. The summed E-state index contributed by atoms with van der Waals surface area (Å²) >= 11 is 0. The second kappa shape index (κ2) is 5.24. The van der Waals surface area contributed by atoms with Crippen LogP contribution in [0, 0.1) is 5.92 Å². The molecular formula is C16H22N2O. The summed E-state index contributed by atoms with van der Waals surface area (Å²) in [5.41, 5.74) is 2.35. The molecule has 0 saturated heterocycles. The Hall–Kier alpha value is -1.51. The van der Waals surface area contributed by atoms with Crippen LogP contribution in [0.4, 0.5) is 5.69 Å². The van der Waals surface area contributed by atoms with E-state index in [-0.39, 0.29) is 11.9 Å². The molecule has 3 heteroatoms. The summed E-state index contributed by atoms with van der Waals surface area (Å²) in [7, 11) is 0. The Balaban J connectivity index is 1.57. The Morgan fingerprint density at radius 1 is 1.32 bits per heavy atom. The van der Waals surface area contributed by atoms with E-state index in [0.29, 0.717) is 12.0 Å². The molecule has 1 aliphatic heterocycles. The highest BCUT2D eigenvalue weighted by molar-refractivity contribution is 5.87. The van der Waals surface area contributed by atoms with Gasteiger partial charge in [0.1, 0.15) is 6.04 Å². The largest absolute Gasteiger partial charge is 0.373 e. The van der Waals surface area contributed by atoms with Crippen LogP contribution >= 0.6 is 0 Å². The van der Waals surface area contributed by atoms with Gasteiger partial charge in [0.2, 0.25) is 5.91 Å². The number of fused-ring (bicyclic) bond motifs is 1. The Labute approximate surface area is 114 Å². The number of hydrogen-bond donors (Lipinski definition) is 2. The summed E-state index contributed by atoms with van der Waals surface area (Å²) in [6.07, 6.45) is 5.97. The molecule has 1 heterocycles. The fourth-order valence-corrected chi connectivity index (χ4v) is 3.36. The zero-order chi connectivity index (χ0) is 13.2. The predicted molar refractivity (Wildman–Crippen MR) is 77.1 cm³/mol. The van der Waals surface area contributed by atoms with Crippen LogP contribution in [0.5, 0.6) is 0 Å².